The number of benzene rings is 1. The third-order valence-corrected chi connectivity index (χ3v) is 3.79. The molecule has 3 heterocycles. The highest BCUT2D eigenvalue weighted by molar-refractivity contribution is 6.68. The number of fused-ring (bicyclic) bond motifs is 2. The first kappa shape index (κ1) is 11.2. The molecule has 1 saturated heterocycles. The summed E-state index contributed by atoms with van der Waals surface area (Å²) in [5.41, 5.74) is -0.554. The second kappa shape index (κ2) is 3.82. The van der Waals surface area contributed by atoms with Crippen LogP contribution in [0.3, 0.4) is 0 Å². The summed E-state index contributed by atoms with van der Waals surface area (Å²) in [6.07, 6.45) is 1.13. The van der Waals surface area contributed by atoms with Gasteiger partial charge in [-0.25, -0.2) is 4.99 Å². The van der Waals surface area contributed by atoms with Crippen LogP contribution in [0.2, 0.25) is 0 Å². The number of carbonyl (C=O) groups excluding carboxylic acids is 1. The summed E-state index contributed by atoms with van der Waals surface area (Å²) in [5.74, 6) is -0.267. The maximum absolute atomic E-state index is 12.4. The van der Waals surface area contributed by atoms with Gasteiger partial charge in [0.15, 0.2) is 0 Å². The Morgan fingerprint density at radius 2 is 2.17 bits per heavy atom. The molecule has 3 aliphatic heterocycles. The standard InChI is InChI=1S/C13H10ClN3O/c14-11-10-6-7-13(8-15,16-11)12(18)17(10)9-4-2-1-3-5-9/h1-5,10H,6-7H2/t10-,13+/m1/s1. The number of hydrogen-bond acceptors (Lipinski definition) is 3. The van der Waals surface area contributed by atoms with Crippen molar-refractivity contribution in [3.63, 3.8) is 0 Å². The molecule has 0 saturated carbocycles. The fraction of sp³-hybridized carbons (Fsp3) is 0.308. The van der Waals surface area contributed by atoms with Crippen LogP contribution in [0, 0.1) is 11.3 Å². The zero-order valence-corrected chi connectivity index (χ0v) is 10.3. The van der Waals surface area contributed by atoms with Gasteiger partial charge < -0.3 is 0 Å². The Kier molecular flexibility index (Phi) is 2.39. The van der Waals surface area contributed by atoms with E-state index in [0.29, 0.717) is 18.0 Å². The lowest BCUT2D eigenvalue weighted by Crippen LogP contribution is -2.62. The molecule has 3 aliphatic rings. The third-order valence-electron chi connectivity index (χ3n) is 3.46. The van der Waals surface area contributed by atoms with E-state index in [-0.39, 0.29) is 11.9 Å². The first-order valence-corrected chi connectivity index (χ1v) is 6.11. The number of aliphatic imine (C=N–C) groups is 1. The molecule has 5 heteroatoms. The molecule has 0 radical (unpaired) electrons. The molecule has 4 rings (SSSR count). The summed E-state index contributed by atoms with van der Waals surface area (Å²) < 4.78 is 0. The molecule has 18 heavy (non-hydrogen) atoms. The van der Waals surface area contributed by atoms with E-state index in [1.165, 1.54) is 0 Å². The number of amides is 1. The number of piperidine rings is 1. The summed E-state index contributed by atoms with van der Waals surface area (Å²) in [5, 5.41) is 9.61. The summed E-state index contributed by atoms with van der Waals surface area (Å²) in [7, 11) is 0. The minimum atomic E-state index is -1.32. The number of halogens is 1. The molecule has 2 atom stereocenters. The van der Waals surface area contributed by atoms with E-state index in [9.17, 15) is 10.1 Å². The molecule has 2 bridgehead atoms. The lowest BCUT2D eigenvalue weighted by molar-refractivity contribution is -0.124. The first-order chi connectivity index (χ1) is 8.68. The van der Waals surface area contributed by atoms with E-state index in [1.54, 1.807) is 4.90 Å². The SMILES string of the molecule is N#C[C@]12CC[C@H](C(Cl)=N1)N(c1ccccc1)C2=O. The second-order valence-corrected chi connectivity index (χ2v) is 4.86. The molecular weight excluding hydrogens is 250 g/mol. The van der Waals surface area contributed by atoms with Gasteiger partial charge in [0.25, 0.3) is 5.91 Å². The molecule has 0 aliphatic carbocycles. The fourth-order valence-corrected chi connectivity index (χ4v) is 2.87. The molecule has 0 aromatic heterocycles. The van der Waals surface area contributed by atoms with Crippen molar-refractivity contribution in [3.8, 4) is 6.07 Å². The average Bonchev–Trinajstić information content (AvgIpc) is 2.41. The van der Waals surface area contributed by atoms with E-state index in [1.807, 2.05) is 36.4 Å². The smallest absolute Gasteiger partial charge is 0.270 e. The maximum atomic E-state index is 12.4. The van der Waals surface area contributed by atoms with E-state index in [0.717, 1.165) is 5.69 Å². The van der Waals surface area contributed by atoms with Gasteiger partial charge in [-0.15, -0.1) is 0 Å². The minimum Gasteiger partial charge on any atom is -0.299 e. The van der Waals surface area contributed by atoms with Crippen molar-refractivity contribution in [2.75, 3.05) is 4.90 Å². The van der Waals surface area contributed by atoms with Crippen LogP contribution >= 0.6 is 11.6 Å². The van der Waals surface area contributed by atoms with Gasteiger partial charge in [-0.05, 0) is 25.0 Å². The maximum Gasteiger partial charge on any atom is 0.270 e. The molecule has 1 aromatic rings. The van der Waals surface area contributed by atoms with Gasteiger partial charge >= 0.3 is 0 Å². The highest BCUT2D eigenvalue weighted by atomic mass is 35.5. The number of rotatable bonds is 1. The summed E-state index contributed by atoms with van der Waals surface area (Å²) >= 11 is 6.10. The molecule has 1 amide bonds. The third kappa shape index (κ3) is 1.37. The number of nitriles is 1. The monoisotopic (exact) mass is 259 g/mol. The van der Waals surface area contributed by atoms with Gasteiger partial charge in [-0.1, -0.05) is 29.8 Å². The van der Waals surface area contributed by atoms with Crippen molar-refractivity contribution in [3.05, 3.63) is 30.3 Å². The Labute approximate surface area is 109 Å². The molecule has 0 N–H and O–H groups in total. The molecule has 1 aromatic carbocycles. The largest absolute Gasteiger partial charge is 0.299 e. The Morgan fingerprint density at radius 3 is 2.78 bits per heavy atom. The van der Waals surface area contributed by atoms with Gasteiger partial charge in [-0.2, -0.15) is 5.26 Å². The minimum absolute atomic E-state index is 0.225. The van der Waals surface area contributed by atoms with Crippen molar-refractivity contribution in [2.45, 2.75) is 24.4 Å². The summed E-state index contributed by atoms with van der Waals surface area (Å²) in [4.78, 5) is 18.1. The first-order valence-electron chi connectivity index (χ1n) is 5.73. The summed E-state index contributed by atoms with van der Waals surface area (Å²) in [6.45, 7) is 0. The van der Waals surface area contributed by atoms with Crippen LogP contribution in [0.5, 0.6) is 0 Å². The quantitative estimate of drug-likeness (QED) is 0.775. The van der Waals surface area contributed by atoms with E-state index >= 15 is 0 Å². The predicted octanol–water partition coefficient (Wildman–Crippen LogP) is 2.10. The Hall–Kier alpha value is -1.86. The van der Waals surface area contributed by atoms with E-state index < -0.39 is 5.54 Å². The molecule has 0 spiro atoms. The average molecular weight is 260 g/mol. The zero-order chi connectivity index (χ0) is 12.8. The predicted molar refractivity (Wildman–Crippen MR) is 68.6 cm³/mol. The molecule has 90 valence electrons. The van der Waals surface area contributed by atoms with Crippen molar-refractivity contribution >= 4 is 28.4 Å². The second-order valence-electron chi connectivity index (χ2n) is 4.47. The molecule has 4 nitrogen and oxygen atoms in total. The van der Waals surface area contributed by atoms with Gasteiger partial charge in [0.1, 0.15) is 11.2 Å². The molecular formula is C13H10ClN3O. The van der Waals surface area contributed by atoms with E-state index in [4.69, 9.17) is 11.6 Å². The lowest BCUT2D eigenvalue weighted by Gasteiger charge is -2.45. The Bertz CT molecular complexity index is 578. The van der Waals surface area contributed by atoms with Gasteiger partial charge in [0, 0.05) is 5.69 Å². The van der Waals surface area contributed by atoms with Crippen molar-refractivity contribution in [2.24, 2.45) is 4.99 Å². The molecule has 1 fully saturated rings. The number of para-hydroxylation sites is 1. The van der Waals surface area contributed by atoms with Crippen LogP contribution < -0.4 is 4.90 Å². The highest BCUT2D eigenvalue weighted by Crippen LogP contribution is 2.39. The van der Waals surface area contributed by atoms with Crippen LogP contribution in [-0.4, -0.2) is 22.7 Å². The van der Waals surface area contributed by atoms with Crippen LogP contribution in [0.4, 0.5) is 5.69 Å². The lowest BCUT2D eigenvalue weighted by atomic mass is 9.83. The van der Waals surface area contributed by atoms with Crippen molar-refractivity contribution in [1.82, 2.24) is 0 Å². The van der Waals surface area contributed by atoms with Gasteiger partial charge in [-0.3, -0.25) is 9.69 Å². The van der Waals surface area contributed by atoms with Gasteiger partial charge in [0.2, 0.25) is 5.54 Å². The zero-order valence-electron chi connectivity index (χ0n) is 9.51. The normalized spacial score (nSPS) is 30.0. The van der Waals surface area contributed by atoms with Crippen molar-refractivity contribution < 1.29 is 4.79 Å². The van der Waals surface area contributed by atoms with Crippen LogP contribution in [-0.2, 0) is 4.79 Å². The number of anilines is 1. The fourth-order valence-electron chi connectivity index (χ4n) is 2.52. The van der Waals surface area contributed by atoms with Crippen LogP contribution in [0.25, 0.3) is 0 Å². The van der Waals surface area contributed by atoms with Gasteiger partial charge in [0.05, 0.1) is 6.04 Å². The number of nitrogens with zero attached hydrogens (tertiary/aromatic N) is 3. The van der Waals surface area contributed by atoms with Crippen LogP contribution in [0.15, 0.2) is 35.3 Å². The van der Waals surface area contributed by atoms with Crippen LogP contribution in [0.1, 0.15) is 12.8 Å². The number of hydrogen-bond donors (Lipinski definition) is 0. The highest BCUT2D eigenvalue weighted by Gasteiger charge is 2.54. The topological polar surface area (TPSA) is 56.5 Å². The van der Waals surface area contributed by atoms with Crippen molar-refractivity contribution in [1.29, 1.82) is 5.26 Å². The number of carbonyl (C=O) groups is 1. The Morgan fingerprint density at radius 1 is 1.44 bits per heavy atom. The summed E-state index contributed by atoms with van der Waals surface area (Å²) in [6, 6.07) is 11.1. The van der Waals surface area contributed by atoms with E-state index in [2.05, 4.69) is 4.99 Å². The molecule has 0 unspecified atom stereocenters. The Balaban J connectivity index is 2.12.